The summed E-state index contributed by atoms with van der Waals surface area (Å²) in [5.41, 5.74) is 9.31. The summed E-state index contributed by atoms with van der Waals surface area (Å²) >= 11 is 0. The van der Waals surface area contributed by atoms with Crippen LogP contribution in [0.25, 0.3) is 11.0 Å². The zero-order valence-corrected chi connectivity index (χ0v) is 11.5. The Morgan fingerprint density at radius 3 is 2.72 bits per heavy atom. The van der Waals surface area contributed by atoms with E-state index in [1.54, 1.807) is 0 Å². The van der Waals surface area contributed by atoms with Crippen molar-refractivity contribution < 1.29 is 0 Å². The summed E-state index contributed by atoms with van der Waals surface area (Å²) in [7, 11) is 4.12. The Morgan fingerprint density at radius 1 is 1.33 bits per heavy atom. The molecule has 2 N–H and O–H groups in total. The minimum atomic E-state index is 0.640. The van der Waals surface area contributed by atoms with Gasteiger partial charge >= 0.3 is 0 Å². The molecule has 4 nitrogen and oxygen atoms in total. The van der Waals surface area contributed by atoms with Crippen molar-refractivity contribution >= 4 is 11.0 Å². The van der Waals surface area contributed by atoms with Crippen LogP contribution in [0.3, 0.4) is 0 Å². The fourth-order valence-electron chi connectivity index (χ4n) is 2.23. The number of fused-ring (bicyclic) bond motifs is 1. The standard InChI is InChI=1S/C14H22N4/c1-4-11-5-6-13-12(9-11)16-14(10-17(2)3)18(13)8-7-15/h5-6,9H,4,7-8,10,15H2,1-3H3. The third-order valence-electron chi connectivity index (χ3n) is 3.11. The van der Waals surface area contributed by atoms with E-state index in [0.717, 1.165) is 30.9 Å². The number of imidazole rings is 1. The summed E-state index contributed by atoms with van der Waals surface area (Å²) in [4.78, 5) is 6.88. The third kappa shape index (κ3) is 2.54. The van der Waals surface area contributed by atoms with Gasteiger partial charge in [0.05, 0.1) is 17.6 Å². The van der Waals surface area contributed by atoms with Crippen LogP contribution in [-0.2, 0) is 19.5 Å². The molecule has 0 atom stereocenters. The molecule has 0 saturated heterocycles. The van der Waals surface area contributed by atoms with Crippen LogP contribution in [0.5, 0.6) is 0 Å². The van der Waals surface area contributed by atoms with Gasteiger partial charge < -0.3 is 15.2 Å². The monoisotopic (exact) mass is 246 g/mol. The van der Waals surface area contributed by atoms with E-state index >= 15 is 0 Å². The lowest BCUT2D eigenvalue weighted by Crippen LogP contribution is -2.18. The van der Waals surface area contributed by atoms with Crippen molar-refractivity contribution in [2.45, 2.75) is 26.4 Å². The SMILES string of the molecule is CCc1ccc2c(c1)nc(CN(C)C)n2CCN. The molecule has 0 unspecified atom stereocenters. The van der Waals surface area contributed by atoms with E-state index in [0.29, 0.717) is 6.54 Å². The van der Waals surface area contributed by atoms with E-state index in [1.807, 2.05) is 0 Å². The van der Waals surface area contributed by atoms with Crippen LogP contribution >= 0.6 is 0 Å². The topological polar surface area (TPSA) is 47.1 Å². The molecular formula is C14H22N4. The Balaban J connectivity index is 2.51. The Hall–Kier alpha value is -1.39. The maximum absolute atomic E-state index is 5.70. The average molecular weight is 246 g/mol. The van der Waals surface area contributed by atoms with Crippen molar-refractivity contribution in [1.29, 1.82) is 0 Å². The lowest BCUT2D eigenvalue weighted by atomic mass is 10.1. The first-order chi connectivity index (χ1) is 8.65. The van der Waals surface area contributed by atoms with Gasteiger partial charge in [0.1, 0.15) is 5.82 Å². The summed E-state index contributed by atoms with van der Waals surface area (Å²) in [6.07, 6.45) is 1.04. The van der Waals surface area contributed by atoms with Gasteiger partial charge in [-0.3, -0.25) is 0 Å². The van der Waals surface area contributed by atoms with Gasteiger partial charge in [0.15, 0.2) is 0 Å². The number of benzene rings is 1. The van der Waals surface area contributed by atoms with Crippen LogP contribution in [0.1, 0.15) is 18.3 Å². The normalized spacial score (nSPS) is 11.6. The van der Waals surface area contributed by atoms with Crippen LogP contribution in [0.15, 0.2) is 18.2 Å². The maximum atomic E-state index is 5.70. The van der Waals surface area contributed by atoms with E-state index in [-0.39, 0.29) is 0 Å². The van der Waals surface area contributed by atoms with Gasteiger partial charge in [-0.1, -0.05) is 13.0 Å². The summed E-state index contributed by atoms with van der Waals surface area (Å²) in [6.45, 7) is 4.47. The van der Waals surface area contributed by atoms with E-state index < -0.39 is 0 Å². The predicted molar refractivity (Wildman–Crippen MR) is 75.6 cm³/mol. The number of rotatable bonds is 5. The minimum Gasteiger partial charge on any atom is -0.329 e. The van der Waals surface area contributed by atoms with Crippen molar-refractivity contribution in [1.82, 2.24) is 14.5 Å². The van der Waals surface area contributed by atoms with Gasteiger partial charge in [-0.05, 0) is 38.2 Å². The molecule has 0 spiro atoms. The minimum absolute atomic E-state index is 0.640. The highest BCUT2D eigenvalue weighted by Crippen LogP contribution is 2.19. The first-order valence-electron chi connectivity index (χ1n) is 6.48. The van der Waals surface area contributed by atoms with Gasteiger partial charge in [-0.2, -0.15) is 0 Å². The number of aromatic nitrogens is 2. The number of aryl methyl sites for hydroxylation is 1. The molecule has 0 bridgehead atoms. The number of hydrogen-bond acceptors (Lipinski definition) is 3. The first-order valence-corrected chi connectivity index (χ1v) is 6.48. The van der Waals surface area contributed by atoms with Gasteiger partial charge in [-0.15, -0.1) is 0 Å². The highest BCUT2D eigenvalue weighted by Gasteiger charge is 2.11. The first kappa shape index (κ1) is 13.1. The molecule has 0 aliphatic carbocycles. The molecule has 0 amide bonds. The van der Waals surface area contributed by atoms with E-state index in [9.17, 15) is 0 Å². The van der Waals surface area contributed by atoms with Gasteiger partial charge in [0, 0.05) is 13.1 Å². The van der Waals surface area contributed by atoms with Gasteiger partial charge in [0.2, 0.25) is 0 Å². The molecule has 1 aromatic heterocycles. The Labute approximate surface area is 108 Å². The molecule has 2 aromatic rings. The van der Waals surface area contributed by atoms with Crippen LogP contribution < -0.4 is 5.73 Å². The quantitative estimate of drug-likeness (QED) is 0.872. The van der Waals surface area contributed by atoms with Crippen molar-refractivity contribution in [2.75, 3.05) is 20.6 Å². The molecule has 4 heteroatoms. The van der Waals surface area contributed by atoms with E-state index in [2.05, 4.69) is 48.7 Å². The average Bonchev–Trinajstić information content (AvgIpc) is 2.66. The lowest BCUT2D eigenvalue weighted by molar-refractivity contribution is 0.382. The molecule has 0 aliphatic heterocycles. The van der Waals surface area contributed by atoms with Crippen molar-refractivity contribution in [3.8, 4) is 0 Å². The molecule has 0 saturated carbocycles. The molecule has 98 valence electrons. The second-order valence-electron chi connectivity index (χ2n) is 4.88. The fraction of sp³-hybridized carbons (Fsp3) is 0.500. The largest absolute Gasteiger partial charge is 0.329 e. The molecule has 18 heavy (non-hydrogen) atoms. The lowest BCUT2D eigenvalue weighted by Gasteiger charge is -2.11. The van der Waals surface area contributed by atoms with Crippen LogP contribution in [0.4, 0.5) is 0 Å². The smallest absolute Gasteiger partial charge is 0.124 e. The van der Waals surface area contributed by atoms with Crippen LogP contribution in [-0.4, -0.2) is 35.1 Å². The number of nitrogens with zero attached hydrogens (tertiary/aromatic N) is 3. The Bertz CT molecular complexity index is 528. The van der Waals surface area contributed by atoms with Gasteiger partial charge in [0.25, 0.3) is 0 Å². The van der Waals surface area contributed by atoms with Crippen LogP contribution in [0, 0.1) is 0 Å². The summed E-state index contributed by atoms with van der Waals surface area (Å²) in [5.74, 6) is 1.09. The summed E-state index contributed by atoms with van der Waals surface area (Å²) in [5, 5.41) is 0. The second kappa shape index (κ2) is 5.50. The molecular weight excluding hydrogens is 224 g/mol. The molecule has 2 rings (SSSR count). The van der Waals surface area contributed by atoms with E-state index in [4.69, 9.17) is 10.7 Å². The zero-order chi connectivity index (χ0) is 13.1. The fourth-order valence-corrected chi connectivity index (χ4v) is 2.23. The number of nitrogens with two attached hydrogens (primary N) is 1. The molecule has 0 radical (unpaired) electrons. The maximum Gasteiger partial charge on any atom is 0.124 e. The molecule has 0 aliphatic rings. The molecule has 0 fully saturated rings. The number of hydrogen-bond donors (Lipinski definition) is 1. The highest BCUT2D eigenvalue weighted by molar-refractivity contribution is 5.77. The van der Waals surface area contributed by atoms with Crippen molar-refractivity contribution in [3.63, 3.8) is 0 Å². The second-order valence-corrected chi connectivity index (χ2v) is 4.88. The van der Waals surface area contributed by atoms with Crippen LogP contribution in [0.2, 0.25) is 0 Å². The van der Waals surface area contributed by atoms with Crippen molar-refractivity contribution in [3.05, 3.63) is 29.6 Å². The Kier molecular flexibility index (Phi) is 3.99. The van der Waals surface area contributed by atoms with Crippen molar-refractivity contribution in [2.24, 2.45) is 5.73 Å². The predicted octanol–water partition coefficient (Wildman–Crippen LogP) is 1.62. The molecule has 1 aromatic carbocycles. The summed E-state index contributed by atoms with van der Waals surface area (Å²) < 4.78 is 2.23. The molecule has 1 heterocycles. The zero-order valence-electron chi connectivity index (χ0n) is 11.5. The highest BCUT2D eigenvalue weighted by atomic mass is 15.2. The van der Waals surface area contributed by atoms with E-state index in [1.165, 1.54) is 11.1 Å². The van der Waals surface area contributed by atoms with Gasteiger partial charge in [-0.25, -0.2) is 4.98 Å². The summed E-state index contributed by atoms with van der Waals surface area (Å²) in [6, 6.07) is 6.52. The Morgan fingerprint density at radius 2 is 2.11 bits per heavy atom. The third-order valence-corrected chi connectivity index (χ3v) is 3.11.